The molecule has 0 saturated heterocycles. The second-order valence-electron chi connectivity index (χ2n) is 15.1. The lowest BCUT2D eigenvalue weighted by molar-refractivity contribution is -0.249. The second kappa shape index (κ2) is 8.15. The van der Waals surface area contributed by atoms with Crippen molar-refractivity contribution < 1.29 is 18.7 Å². The van der Waals surface area contributed by atoms with Gasteiger partial charge in [-0.3, -0.25) is 9.59 Å². The first-order valence-electron chi connectivity index (χ1n) is 14.7. The molecule has 0 aliphatic heterocycles. The maximum absolute atomic E-state index is 14.9. The summed E-state index contributed by atoms with van der Waals surface area (Å²) in [6.07, 6.45) is 9.87. The number of halogens is 1. The fourth-order valence-electron chi connectivity index (χ4n) is 11.9. The van der Waals surface area contributed by atoms with E-state index in [0.717, 1.165) is 50.5 Å². The van der Waals surface area contributed by atoms with Crippen molar-refractivity contribution in [2.45, 2.75) is 119 Å². The fourth-order valence-corrected chi connectivity index (χ4v) is 11.9. The van der Waals surface area contributed by atoms with Crippen molar-refractivity contribution >= 4 is 12.0 Å². The van der Waals surface area contributed by atoms with Crippen LogP contribution in [0.15, 0.2) is 12.2 Å². The van der Waals surface area contributed by atoms with Crippen molar-refractivity contribution in [3.05, 3.63) is 12.2 Å². The zero-order valence-electron chi connectivity index (χ0n) is 23.8. The number of fused-ring (bicyclic) bond motifs is 7. The van der Waals surface area contributed by atoms with Crippen LogP contribution in [0.5, 0.6) is 0 Å². The van der Waals surface area contributed by atoms with Crippen molar-refractivity contribution in [1.29, 1.82) is 0 Å². The molecule has 0 radical (unpaired) electrons. The highest BCUT2D eigenvalue weighted by Gasteiger charge is 2.72. The SMILES string of the molecule is C=C(C)C1CC[C@]2(C(=O)F)CCC3(C)C(CCC4C5(C)CCC(OC(C)=O)C(C)(C)C5CCC43C)C12. The van der Waals surface area contributed by atoms with Gasteiger partial charge in [0.15, 0.2) is 0 Å². The molecular weight excluding hydrogens is 451 g/mol. The molecule has 0 bridgehead atoms. The molecular formula is C32H49FO3. The maximum atomic E-state index is 14.9. The molecule has 0 aromatic carbocycles. The van der Waals surface area contributed by atoms with E-state index in [1.54, 1.807) is 0 Å². The molecule has 5 saturated carbocycles. The maximum Gasteiger partial charge on any atom is 0.307 e. The quantitative estimate of drug-likeness (QED) is 0.223. The average molecular weight is 501 g/mol. The van der Waals surface area contributed by atoms with Gasteiger partial charge >= 0.3 is 12.0 Å². The molecule has 0 amide bonds. The number of allylic oxidation sites excluding steroid dienone is 1. The molecule has 5 aliphatic carbocycles. The van der Waals surface area contributed by atoms with Crippen LogP contribution >= 0.6 is 0 Å². The average Bonchev–Trinajstić information content (AvgIpc) is 3.17. The number of rotatable bonds is 3. The smallest absolute Gasteiger partial charge is 0.307 e. The lowest BCUT2D eigenvalue weighted by Crippen LogP contribution is -2.67. The molecule has 4 heteroatoms. The van der Waals surface area contributed by atoms with E-state index in [-0.39, 0.29) is 45.6 Å². The predicted molar refractivity (Wildman–Crippen MR) is 141 cm³/mol. The summed E-state index contributed by atoms with van der Waals surface area (Å²) in [7, 11) is 0. The molecule has 3 nitrogen and oxygen atoms in total. The molecule has 0 aromatic rings. The van der Waals surface area contributed by atoms with Crippen molar-refractivity contribution in [3.8, 4) is 0 Å². The van der Waals surface area contributed by atoms with Gasteiger partial charge in [0.05, 0.1) is 5.41 Å². The summed E-state index contributed by atoms with van der Waals surface area (Å²) in [6, 6.07) is -1.05. The summed E-state index contributed by atoms with van der Waals surface area (Å²) in [4.78, 5) is 24.5. The molecule has 36 heavy (non-hydrogen) atoms. The van der Waals surface area contributed by atoms with Crippen molar-refractivity contribution in [2.24, 2.45) is 56.7 Å². The Morgan fingerprint density at radius 1 is 0.806 bits per heavy atom. The number of hydrogen-bond acceptors (Lipinski definition) is 3. The van der Waals surface area contributed by atoms with Crippen molar-refractivity contribution in [3.63, 3.8) is 0 Å². The van der Waals surface area contributed by atoms with E-state index < -0.39 is 11.5 Å². The van der Waals surface area contributed by atoms with Crippen LogP contribution in [0.4, 0.5) is 4.39 Å². The molecule has 9 unspecified atom stereocenters. The summed E-state index contributed by atoms with van der Waals surface area (Å²) >= 11 is 0. The second-order valence-corrected chi connectivity index (χ2v) is 15.1. The Bertz CT molecular complexity index is 970. The Hall–Kier alpha value is -1.19. The molecule has 10 atom stereocenters. The summed E-state index contributed by atoms with van der Waals surface area (Å²) in [6.45, 7) is 20.2. The van der Waals surface area contributed by atoms with Crippen LogP contribution in [0, 0.1) is 56.7 Å². The molecule has 5 fully saturated rings. The largest absolute Gasteiger partial charge is 0.462 e. The summed E-state index contributed by atoms with van der Waals surface area (Å²) in [5.41, 5.74) is 0.788. The third kappa shape index (κ3) is 3.20. The van der Waals surface area contributed by atoms with Crippen LogP contribution in [0.1, 0.15) is 113 Å². The molecule has 5 aliphatic rings. The predicted octanol–water partition coefficient (Wildman–Crippen LogP) is 8.07. The Kier molecular flexibility index (Phi) is 5.98. The molecule has 202 valence electrons. The fraction of sp³-hybridized carbons (Fsp3) is 0.875. The first-order valence-corrected chi connectivity index (χ1v) is 14.7. The van der Waals surface area contributed by atoms with Gasteiger partial charge in [-0.1, -0.05) is 46.8 Å². The van der Waals surface area contributed by atoms with E-state index in [9.17, 15) is 14.0 Å². The lowest BCUT2D eigenvalue weighted by Gasteiger charge is -2.72. The van der Waals surface area contributed by atoms with E-state index in [4.69, 9.17) is 4.74 Å². The van der Waals surface area contributed by atoms with Gasteiger partial charge in [-0.05, 0) is 117 Å². The van der Waals surface area contributed by atoms with Gasteiger partial charge in [0, 0.05) is 12.3 Å². The van der Waals surface area contributed by atoms with Gasteiger partial charge in [0.1, 0.15) is 6.10 Å². The van der Waals surface area contributed by atoms with Crippen LogP contribution in [-0.4, -0.2) is 18.1 Å². The minimum absolute atomic E-state index is 0.00923. The van der Waals surface area contributed by atoms with Gasteiger partial charge in [0.25, 0.3) is 0 Å². The van der Waals surface area contributed by atoms with Gasteiger partial charge in [0.2, 0.25) is 0 Å². The number of carbonyl (C=O) groups excluding carboxylic acids is 2. The normalized spacial score (nSPS) is 51.2. The van der Waals surface area contributed by atoms with E-state index in [1.165, 1.54) is 13.3 Å². The highest BCUT2D eigenvalue weighted by atomic mass is 19.1. The number of esters is 1. The van der Waals surface area contributed by atoms with Crippen molar-refractivity contribution in [2.75, 3.05) is 0 Å². The number of hydrogen-bond donors (Lipinski definition) is 0. The van der Waals surface area contributed by atoms with Crippen LogP contribution in [0.25, 0.3) is 0 Å². The zero-order valence-corrected chi connectivity index (χ0v) is 23.8. The highest BCUT2D eigenvalue weighted by molar-refractivity contribution is 5.77. The van der Waals surface area contributed by atoms with Crippen LogP contribution in [0.3, 0.4) is 0 Å². The minimum Gasteiger partial charge on any atom is -0.462 e. The van der Waals surface area contributed by atoms with E-state index in [1.807, 2.05) is 0 Å². The zero-order chi connectivity index (χ0) is 26.5. The van der Waals surface area contributed by atoms with Crippen LogP contribution in [-0.2, 0) is 14.3 Å². The van der Waals surface area contributed by atoms with E-state index >= 15 is 0 Å². The van der Waals surface area contributed by atoms with Gasteiger partial charge in [-0.2, -0.15) is 4.39 Å². The van der Waals surface area contributed by atoms with Gasteiger partial charge in [-0.15, -0.1) is 0 Å². The first-order chi connectivity index (χ1) is 16.6. The molecule has 0 N–H and O–H groups in total. The van der Waals surface area contributed by atoms with E-state index in [2.05, 4.69) is 48.1 Å². The van der Waals surface area contributed by atoms with E-state index in [0.29, 0.717) is 30.6 Å². The summed E-state index contributed by atoms with van der Waals surface area (Å²) < 4.78 is 20.7. The summed E-state index contributed by atoms with van der Waals surface area (Å²) in [5.74, 6) is 1.70. The molecule has 0 aromatic heterocycles. The molecule has 5 rings (SSSR count). The highest BCUT2D eigenvalue weighted by Crippen LogP contribution is 2.77. The number of ether oxygens (including phenoxy) is 1. The van der Waals surface area contributed by atoms with Gasteiger partial charge in [-0.25, -0.2) is 0 Å². The molecule has 0 heterocycles. The lowest BCUT2D eigenvalue weighted by atomic mass is 9.32. The first kappa shape index (κ1) is 26.4. The third-order valence-electron chi connectivity index (χ3n) is 13.7. The summed E-state index contributed by atoms with van der Waals surface area (Å²) in [5, 5.41) is 0. The monoisotopic (exact) mass is 500 g/mol. The molecule has 0 spiro atoms. The minimum atomic E-state index is -1.05. The third-order valence-corrected chi connectivity index (χ3v) is 13.7. The van der Waals surface area contributed by atoms with Crippen molar-refractivity contribution in [1.82, 2.24) is 0 Å². The Labute approximate surface area is 218 Å². The Morgan fingerprint density at radius 2 is 1.50 bits per heavy atom. The topological polar surface area (TPSA) is 43.4 Å². The van der Waals surface area contributed by atoms with Crippen LogP contribution in [0.2, 0.25) is 0 Å². The van der Waals surface area contributed by atoms with Crippen LogP contribution < -0.4 is 0 Å². The Morgan fingerprint density at radius 3 is 2.11 bits per heavy atom. The van der Waals surface area contributed by atoms with Gasteiger partial charge < -0.3 is 4.74 Å². The number of carbonyl (C=O) groups is 2. The standard InChI is InChI=1S/C32H49FO3/c1-19(2)21-11-16-32(27(33)35)18-17-30(7)22(26(21)32)9-10-24-29(6)14-13-25(36-20(3)34)28(4,5)23(29)12-15-31(24,30)8/h21-26H,1,9-18H2,2-8H3/t21?,22?,23?,24?,25?,26?,29?,30?,31?,32-/m0/s1. The Balaban J connectivity index is 1.52.